The Labute approximate surface area is 140 Å². The molecule has 0 aliphatic carbocycles. The van der Waals surface area contributed by atoms with Crippen molar-refractivity contribution < 1.29 is 14.3 Å². The quantitative estimate of drug-likeness (QED) is 0.917. The number of hydrogen-bond donors (Lipinski definition) is 1. The molecular formula is C18H19N3O3. The van der Waals surface area contributed by atoms with Gasteiger partial charge in [0.1, 0.15) is 5.75 Å². The van der Waals surface area contributed by atoms with Crippen LogP contribution in [0.3, 0.4) is 0 Å². The largest absolute Gasteiger partial charge is 0.494 e. The van der Waals surface area contributed by atoms with Gasteiger partial charge in [0.2, 0.25) is 11.8 Å². The van der Waals surface area contributed by atoms with E-state index in [0.29, 0.717) is 18.8 Å². The van der Waals surface area contributed by atoms with E-state index < -0.39 is 0 Å². The fourth-order valence-corrected chi connectivity index (χ4v) is 2.69. The van der Waals surface area contributed by atoms with Crippen molar-refractivity contribution in [3.05, 3.63) is 48.8 Å². The van der Waals surface area contributed by atoms with Crippen LogP contribution in [0.1, 0.15) is 13.3 Å². The Kier molecular flexibility index (Phi) is 4.74. The van der Waals surface area contributed by atoms with Gasteiger partial charge in [0.15, 0.2) is 0 Å². The number of carbonyl (C=O) groups excluding carboxylic acids is 2. The van der Waals surface area contributed by atoms with Gasteiger partial charge in [-0.2, -0.15) is 0 Å². The monoisotopic (exact) mass is 325 g/mol. The van der Waals surface area contributed by atoms with Crippen LogP contribution < -0.4 is 15.0 Å². The molecule has 0 spiro atoms. The molecule has 1 fully saturated rings. The molecule has 1 unspecified atom stereocenters. The summed E-state index contributed by atoms with van der Waals surface area (Å²) in [5, 5.41) is 2.86. The summed E-state index contributed by atoms with van der Waals surface area (Å²) in [6.45, 7) is 2.88. The van der Waals surface area contributed by atoms with Crippen LogP contribution in [-0.4, -0.2) is 29.9 Å². The number of nitrogens with one attached hydrogen (secondary N) is 1. The molecule has 1 N–H and O–H groups in total. The second-order valence-electron chi connectivity index (χ2n) is 5.56. The van der Waals surface area contributed by atoms with Gasteiger partial charge in [-0.1, -0.05) is 0 Å². The third-order valence-electron chi connectivity index (χ3n) is 3.89. The molecule has 1 atom stereocenters. The predicted molar refractivity (Wildman–Crippen MR) is 90.9 cm³/mol. The first-order chi connectivity index (χ1) is 11.7. The minimum absolute atomic E-state index is 0.0603. The predicted octanol–water partition coefficient (Wildman–Crippen LogP) is 2.47. The molecule has 2 amide bonds. The van der Waals surface area contributed by atoms with E-state index in [0.717, 1.165) is 11.4 Å². The average molecular weight is 325 g/mol. The highest BCUT2D eigenvalue weighted by Crippen LogP contribution is 2.25. The lowest BCUT2D eigenvalue weighted by Gasteiger charge is -2.16. The molecule has 1 saturated heterocycles. The third-order valence-corrected chi connectivity index (χ3v) is 3.89. The Bertz CT molecular complexity index is 716. The number of aromatic nitrogens is 1. The van der Waals surface area contributed by atoms with Gasteiger partial charge in [-0.15, -0.1) is 0 Å². The van der Waals surface area contributed by atoms with Gasteiger partial charge in [-0.25, -0.2) is 0 Å². The van der Waals surface area contributed by atoms with Crippen molar-refractivity contribution >= 4 is 23.2 Å². The van der Waals surface area contributed by atoms with Crippen LogP contribution in [0.2, 0.25) is 0 Å². The molecule has 124 valence electrons. The number of carbonyl (C=O) groups is 2. The van der Waals surface area contributed by atoms with Crippen LogP contribution in [0, 0.1) is 5.92 Å². The topological polar surface area (TPSA) is 71.5 Å². The Morgan fingerprint density at radius 2 is 2.12 bits per heavy atom. The van der Waals surface area contributed by atoms with E-state index >= 15 is 0 Å². The maximum absolute atomic E-state index is 12.4. The van der Waals surface area contributed by atoms with Gasteiger partial charge in [-0.05, 0) is 43.3 Å². The molecule has 1 aliphatic rings. The molecule has 0 saturated carbocycles. The SMILES string of the molecule is CCOc1ccc(NC(=O)C2CC(=O)N(c3cccnc3)C2)cc1. The highest BCUT2D eigenvalue weighted by molar-refractivity contribution is 6.03. The first-order valence-corrected chi connectivity index (χ1v) is 7.91. The summed E-state index contributed by atoms with van der Waals surface area (Å²) >= 11 is 0. The lowest BCUT2D eigenvalue weighted by atomic mass is 10.1. The Morgan fingerprint density at radius 3 is 2.79 bits per heavy atom. The Morgan fingerprint density at radius 1 is 1.33 bits per heavy atom. The summed E-state index contributed by atoms with van der Waals surface area (Å²) in [4.78, 5) is 30.2. The lowest BCUT2D eigenvalue weighted by Crippen LogP contribution is -2.28. The summed E-state index contributed by atoms with van der Waals surface area (Å²) in [6.07, 6.45) is 3.49. The molecule has 3 rings (SSSR count). The summed E-state index contributed by atoms with van der Waals surface area (Å²) in [7, 11) is 0. The van der Waals surface area contributed by atoms with Crippen molar-refractivity contribution in [2.45, 2.75) is 13.3 Å². The van der Waals surface area contributed by atoms with Crippen LogP contribution in [0.4, 0.5) is 11.4 Å². The van der Waals surface area contributed by atoms with Crippen molar-refractivity contribution in [2.24, 2.45) is 5.92 Å². The first-order valence-electron chi connectivity index (χ1n) is 7.91. The Balaban J connectivity index is 1.62. The van der Waals surface area contributed by atoms with Gasteiger partial charge < -0.3 is 15.0 Å². The normalized spacial score (nSPS) is 17.0. The number of hydrogen-bond acceptors (Lipinski definition) is 4. The number of pyridine rings is 1. The van der Waals surface area contributed by atoms with E-state index in [1.807, 2.05) is 13.0 Å². The van der Waals surface area contributed by atoms with Crippen LogP contribution in [0.15, 0.2) is 48.8 Å². The molecule has 24 heavy (non-hydrogen) atoms. The van der Waals surface area contributed by atoms with Crippen molar-refractivity contribution in [1.29, 1.82) is 0 Å². The lowest BCUT2D eigenvalue weighted by molar-refractivity contribution is -0.122. The highest BCUT2D eigenvalue weighted by Gasteiger charge is 2.35. The van der Waals surface area contributed by atoms with Crippen LogP contribution >= 0.6 is 0 Å². The van der Waals surface area contributed by atoms with Gasteiger partial charge in [-0.3, -0.25) is 14.6 Å². The van der Waals surface area contributed by atoms with Crippen LogP contribution in [-0.2, 0) is 9.59 Å². The first kappa shape index (κ1) is 16.0. The molecule has 1 aromatic heterocycles. The maximum atomic E-state index is 12.4. The number of amides is 2. The summed E-state index contributed by atoms with van der Waals surface area (Å²) in [5.74, 6) is 0.173. The zero-order valence-corrected chi connectivity index (χ0v) is 13.4. The van der Waals surface area contributed by atoms with E-state index in [-0.39, 0.29) is 24.2 Å². The number of anilines is 2. The molecule has 0 bridgehead atoms. The molecule has 2 aromatic rings. The molecule has 1 aliphatic heterocycles. The summed E-state index contributed by atoms with van der Waals surface area (Å²) in [6, 6.07) is 10.8. The summed E-state index contributed by atoms with van der Waals surface area (Å²) in [5.41, 5.74) is 1.41. The van der Waals surface area contributed by atoms with E-state index in [2.05, 4.69) is 10.3 Å². The molecule has 1 aromatic carbocycles. The van der Waals surface area contributed by atoms with E-state index in [9.17, 15) is 9.59 Å². The van der Waals surface area contributed by atoms with Crippen LogP contribution in [0.25, 0.3) is 0 Å². The fourth-order valence-electron chi connectivity index (χ4n) is 2.69. The number of nitrogens with zero attached hydrogens (tertiary/aromatic N) is 2. The van der Waals surface area contributed by atoms with Crippen molar-refractivity contribution in [2.75, 3.05) is 23.4 Å². The van der Waals surface area contributed by atoms with E-state index in [1.165, 1.54) is 0 Å². The van der Waals surface area contributed by atoms with Gasteiger partial charge in [0, 0.05) is 24.8 Å². The molecule has 6 nitrogen and oxygen atoms in total. The zero-order chi connectivity index (χ0) is 16.9. The van der Waals surface area contributed by atoms with E-state index in [1.54, 1.807) is 47.6 Å². The van der Waals surface area contributed by atoms with Gasteiger partial charge in [0.05, 0.1) is 24.4 Å². The molecular weight excluding hydrogens is 306 g/mol. The standard InChI is InChI=1S/C18H19N3O3/c1-2-24-16-7-5-14(6-8-16)20-18(23)13-10-17(22)21(12-13)15-4-3-9-19-11-15/h3-9,11,13H,2,10,12H2,1H3,(H,20,23). The number of ether oxygens (including phenoxy) is 1. The Hall–Kier alpha value is -2.89. The minimum Gasteiger partial charge on any atom is -0.494 e. The smallest absolute Gasteiger partial charge is 0.229 e. The average Bonchev–Trinajstić information content (AvgIpc) is 3.00. The van der Waals surface area contributed by atoms with E-state index in [4.69, 9.17) is 4.74 Å². The fraction of sp³-hybridized carbons (Fsp3) is 0.278. The second kappa shape index (κ2) is 7.12. The molecule has 0 radical (unpaired) electrons. The zero-order valence-electron chi connectivity index (χ0n) is 13.4. The van der Waals surface area contributed by atoms with Crippen molar-refractivity contribution in [1.82, 2.24) is 4.98 Å². The van der Waals surface area contributed by atoms with Gasteiger partial charge >= 0.3 is 0 Å². The third kappa shape index (κ3) is 3.53. The second-order valence-corrected chi connectivity index (χ2v) is 5.56. The van der Waals surface area contributed by atoms with Gasteiger partial charge in [0.25, 0.3) is 0 Å². The highest BCUT2D eigenvalue weighted by atomic mass is 16.5. The number of benzene rings is 1. The number of rotatable bonds is 5. The maximum Gasteiger partial charge on any atom is 0.229 e. The molecule has 2 heterocycles. The van der Waals surface area contributed by atoms with Crippen molar-refractivity contribution in [3.8, 4) is 5.75 Å². The summed E-state index contributed by atoms with van der Waals surface area (Å²) < 4.78 is 5.37. The van der Waals surface area contributed by atoms with Crippen molar-refractivity contribution in [3.63, 3.8) is 0 Å². The van der Waals surface area contributed by atoms with Crippen LogP contribution in [0.5, 0.6) is 5.75 Å². The minimum atomic E-state index is -0.371. The molecule has 6 heteroatoms.